The smallest absolute Gasteiger partial charge is 0.250 e. The summed E-state index contributed by atoms with van der Waals surface area (Å²) in [7, 11) is 1.81. The van der Waals surface area contributed by atoms with Gasteiger partial charge in [0.1, 0.15) is 12.1 Å². The highest BCUT2D eigenvalue weighted by Gasteiger charge is 2.36. The minimum atomic E-state index is 0.0488. The fourth-order valence-electron chi connectivity index (χ4n) is 3.97. The van der Waals surface area contributed by atoms with Gasteiger partial charge >= 0.3 is 0 Å². The van der Waals surface area contributed by atoms with Crippen LogP contribution in [0, 0.1) is 6.92 Å². The lowest BCUT2D eigenvalue weighted by Crippen LogP contribution is -2.46. The number of nitrogens with zero attached hydrogens (tertiary/aromatic N) is 5. The molecule has 2 aliphatic rings. The minimum Gasteiger partial charge on any atom is -0.350 e. The van der Waals surface area contributed by atoms with Crippen LogP contribution in [0.15, 0.2) is 35.5 Å². The number of hydrogen-bond donors (Lipinski definition) is 0. The lowest BCUT2D eigenvalue weighted by Gasteiger charge is -2.39. The number of anilines is 1. The highest BCUT2D eigenvalue weighted by atomic mass is 16.1. The van der Waals surface area contributed by atoms with Crippen LogP contribution in [-0.4, -0.2) is 44.6 Å². The van der Waals surface area contributed by atoms with Crippen LogP contribution >= 0.6 is 0 Å². The predicted molar refractivity (Wildman–Crippen MR) is 102 cm³/mol. The van der Waals surface area contributed by atoms with E-state index in [-0.39, 0.29) is 5.56 Å². The van der Waals surface area contributed by atoms with E-state index in [1.54, 1.807) is 17.0 Å². The van der Waals surface area contributed by atoms with Crippen LogP contribution in [0.4, 0.5) is 5.82 Å². The van der Waals surface area contributed by atoms with Crippen molar-refractivity contribution in [2.45, 2.75) is 51.2 Å². The Hall–Kier alpha value is -2.21. The Morgan fingerprint density at radius 1 is 1.12 bits per heavy atom. The molecule has 138 valence electrons. The monoisotopic (exact) mass is 353 g/mol. The lowest BCUT2D eigenvalue weighted by molar-refractivity contribution is 0.200. The van der Waals surface area contributed by atoms with E-state index in [2.05, 4.69) is 25.8 Å². The largest absolute Gasteiger partial charge is 0.350 e. The molecule has 26 heavy (non-hydrogen) atoms. The molecule has 1 saturated heterocycles. The molecule has 6 nitrogen and oxygen atoms in total. The van der Waals surface area contributed by atoms with Crippen LogP contribution in [0.2, 0.25) is 0 Å². The van der Waals surface area contributed by atoms with Gasteiger partial charge in [-0.25, -0.2) is 9.97 Å². The fourth-order valence-corrected chi connectivity index (χ4v) is 3.97. The van der Waals surface area contributed by atoms with E-state index in [0.717, 1.165) is 44.0 Å². The zero-order valence-electron chi connectivity index (χ0n) is 15.6. The van der Waals surface area contributed by atoms with Gasteiger partial charge in [-0.15, -0.1) is 0 Å². The Morgan fingerprint density at radius 2 is 1.85 bits per heavy atom. The van der Waals surface area contributed by atoms with Crippen molar-refractivity contribution >= 4 is 5.82 Å². The number of hydrogen-bond acceptors (Lipinski definition) is 5. The van der Waals surface area contributed by atoms with Crippen LogP contribution in [0.1, 0.15) is 36.9 Å². The predicted octanol–water partition coefficient (Wildman–Crippen LogP) is 2.12. The molecule has 0 N–H and O–H groups in total. The molecule has 0 spiro atoms. The summed E-state index contributed by atoms with van der Waals surface area (Å²) in [5.41, 5.74) is 2.29. The highest BCUT2D eigenvalue weighted by Crippen LogP contribution is 2.35. The fraction of sp³-hybridized carbons (Fsp3) is 0.550. The molecule has 3 heterocycles. The summed E-state index contributed by atoms with van der Waals surface area (Å²) in [6.07, 6.45) is 8.52. The Morgan fingerprint density at radius 3 is 2.50 bits per heavy atom. The summed E-state index contributed by atoms with van der Waals surface area (Å²) in [5, 5.41) is 0. The van der Waals surface area contributed by atoms with Crippen molar-refractivity contribution in [2.24, 2.45) is 7.05 Å². The summed E-state index contributed by atoms with van der Waals surface area (Å²) >= 11 is 0. The summed E-state index contributed by atoms with van der Waals surface area (Å²) < 4.78 is 1.66. The topological polar surface area (TPSA) is 54.3 Å². The van der Waals surface area contributed by atoms with E-state index in [9.17, 15) is 4.79 Å². The van der Waals surface area contributed by atoms with Crippen LogP contribution in [0.3, 0.4) is 0 Å². The molecule has 0 aromatic carbocycles. The summed E-state index contributed by atoms with van der Waals surface area (Å²) in [6, 6.07) is 6.95. The molecule has 4 rings (SSSR count). The Balaban J connectivity index is 1.40. The zero-order chi connectivity index (χ0) is 18.1. The van der Waals surface area contributed by atoms with Gasteiger partial charge in [0.15, 0.2) is 0 Å². The number of likely N-dealkylation sites (tertiary alicyclic amines) is 1. The first kappa shape index (κ1) is 17.2. The molecule has 2 aromatic rings. The standard InChI is InChI=1S/C20H27N5O/c1-15-11-19(22-14-21-15)25(17-4-5-17)18-7-9-24(10-8-18)13-16-3-6-20(26)23(2)12-16/h3,6,11-12,14,17-18H,4-5,7-10,13H2,1-2H3. The van der Waals surface area contributed by atoms with Crippen molar-refractivity contribution < 1.29 is 0 Å². The average molecular weight is 353 g/mol. The first-order valence-electron chi connectivity index (χ1n) is 9.55. The maximum atomic E-state index is 11.5. The molecular formula is C20H27N5O. The molecule has 0 amide bonds. The van der Waals surface area contributed by atoms with Gasteiger partial charge in [-0.05, 0) is 38.2 Å². The molecule has 0 radical (unpaired) electrons. The Labute approximate surface area is 154 Å². The summed E-state index contributed by atoms with van der Waals surface area (Å²) in [4.78, 5) is 25.4. The van der Waals surface area contributed by atoms with Gasteiger partial charge in [0.05, 0.1) is 0 Å². The van der Waals surface area contributed by atoms with E-state index in [0.29, 0.717) is 12.1 Å². The van der Waals surface area contributed by atoms with Crippen LogP contribution in [0.25, 0.3) is 0 Å². The third-order valence-corrected chi connectivity index (χ3v) is 5.50. The number of rotatable bonds is 5. The molecule has 0 atom stereocenters. The molecule has 1 aliphatic carbocycles. The maximum Gasteiger partial charge on any atom is 0.250 e. The van der Waals surface area contributed by atoms with Gasteiger partial charge in [-0.3, -0.25) is 9.69 Å². The van der Waals surface area contributed by atoms with E-state index >= 15 is 0 Å². The van der Waals surface area contributed by atoms with Gasteiger partial charge in [0, 0.05) is 62.8 Å². The van der Waals surface area contributed by atoms with E-state index < -0.39 is 0 Å². The number of pyridine rings is 1. The minimum absolute atomic E-state index is 0.0488. The lowest BCUT2D eigenvalue weighted by atomic mass is 10.0. The molecule has 6 heteroatoms. The number of aromatic nitrogens is 3. The van der Waals surface area contributed by atoms with Gasteiger partial charge in [-0.1, -0.05) is 6.07 Å². The van der Waals surface area contributed by atoms with Crippen molar-refractivity contribution in [3.8, 4) is 0 Å². The van der Waals surface area contributed by atoms with Gasteiger partial charge in [0.25, 0.3) is 0 Å². The van der Waals surface area contributed by atoms with Crippen LogP contribution in [0.5, 0.6) is 0 Å². The SMILES string of the molecule is Cc1cc(N(C2CC2)C2CCN(Cc3ccc(=O)n(C)c3)CC2)ncn1. The summed E-state index contributed by atoms with van der Waals surface area (Å²) in [6.45, 7) is 5.12. The summed E-state index contributed by atoms with van der Waals surface area (Å²) in [5.74, 6) is 1.09. The van der Waals surface area contributed by atoms with Crippen molar-refractivity contribution in [2.75, 3.05) is 18.0 Å². The molecule has 2 fully saturated rings. The Kier molecular flexibility index (Phi) is 4.76. The third-order valence-electron chi connectivity index (χ3n) is 5.50. The van der Waals surface area contributed by atoms with Crippen molar-refractivity contribution in [3.63, 3.8) is 0 Å². The van der Waals surface area contributed by atoms with Gasteiger partial charge in [0.2, 0.25) is 5.56 Å². The molecule has 2 aromatic heterocycles. The normalized spacial score (nSPS) is 18.8. The zero-order valence-corrected chi connectivity index (χ0v) is 15.6. The first-order valence-corrected chi connectivity index (χ1v) is 9.55. The van der Waals surface area contributed by atoms with Crippen molar-refractivity contribution in [1.82, 2.24) is 19.4 Å². The van der Waals surface area contributed by atoms with Crippen LogP contribution < -0.4 is 10.5 Å². The average Bonchev–Trinajstić information content (AvgIpc) is 3.45. The van der Waals surface area contributed by atoms with E-state index in [4.69, 9.17) is 0 Å². The van der Waals surface area contributed by atoms with Gasteiger partial charge < -0.3 is 9.47 Å². The molecule has 0 unspecified atom stereocenters. The van der Waals surface area contributed by atoms with E-state index in [1.807, 2.05) is 26.2 Å². The number of piperidine rings is 1. The van der Waals surface area contributed by atoms with Crippen LogP contribution in [-0.2, 0) is 13.6 Å². The first-order chi connectivity index (χ1) is 12.6. The molecule has 1 saturated carbocycles. The second-order valence-corrected chi connectivity index (χ2v) is 7.65. The molecule has 1 aliphatic heterocycles. The molecular weight excluding hydrogens is 326 g/mol. The Bertz CT molecular complexity index is 821. The van der Waals surface area contributed by atoms with Crippen molar-refractivity contribution in [3.05, 3.63) is 52.3 Å². The maximum absolute atomic E-state index is 11.5. The number of aryl methyl sites for hydroxylation is 2. The quantitative estimate of drug-likeness (QED) is 0.824. The molecule has 0 bridgehead atoms. The van der Waals surface area contributed by atoms with Crippen molar-refractivity contribution in [1.29, 1.82) is 0 Å². The van der Waals surface area contributed by atoms with Gasteiger partial charge in [-0.2, -0.15) is 0 Å². The second kappa shape index (κ2) is 7.19. The highest BCUT2D eigenvalue weighted by molar-refractivity contribution is 5.43. The third kappa shape index (κ3) is 3.80. The van der Waals surface area contributed by atoms with E-state index in [1.165, 1.54) is 18.4 Å². The second-order valence-electron chi connectivity index (χ2n) is 7.65.